The molecule has 33 heavy (non-hydrogen) atoms. The smallest absolute Gasteiger partial charge is 0.279 e. The fourth-order valence-corrected chi connectivity index (χ4v) is 7.30. The van der Waals surface area contributed by atoms with Crippen molar-refractivity contribution in [3.63, 3.8) is 0 Å². The van der Waals surface area contributed by atoms with Crippen LogP contribution in [0.25, 0.3) is 10.2 Å². The zero-order valence-electron chi connectivity index (χ0n) is 19.0. The van der Waals surface area contributed by atoms with Crippen molar-refractivity contribution in [2.24, 2.45) is 4.99 Å². The number of hydrogen-bond donors (Lipinski definition) is 0. The van der Waals surface area contributed by atoms with E-state index in [1.807, 2.05) is 25.3 Å². The van der Waals surface area contributed by atoms with Gasteiger partial charge in [0, 0.05) is 18.2 Å². The minimum Gasteiger partial charge on any atom is -0.304 e. The molecular weight excluding hydrogens is 454 g/mol. The van der Waals surface area contributed by atoms with E-state index in [2.05, 4.69) is 23.0 Å². The number of benzene rings is 2. The zero-order valence-corrected chi connectivity index (χ0v) is 20.7. The Morgan fingerprint density at radius 1 is 1.21 bits per heavy atom. The van der Waals surface area contributed by atoms with E-state index in [1.165, 1.54) is 35.6 Å². The van der Waals surface area contributed by atoms with E-state index in [0.29, 0.717) is 23.5 Å². The van der Waals surface area contributed by atoms with Crippen LogP contribution in [0.1, 0.15) is 47.7 Å². The molecule has 0 saturated carbocycles. The number of amides is 1. The number of carbonyl (C=O) groups excluding carboxylic acids is 1. The number of rotatable bonds is 4. The summed E-state index contributed by atoms with van der Waals surface area (Å²) in [5.74, 6) is 2.21. The van der Waals surface area contributed by atoms with Gasteiger partial charge in [-0.2, -0.15) is 9.30 Å². The van der Waals surface area contributed by atoms with Crippen molar-refractivity contribution in [1.29, 1.82) is 0 Å². The van der Waals surface area contributed by atoms with Gasteiger partial charge in [0.15, 0.2) is 4.80 Å². The number of carbonyl (C=O) groups is 1. The third-order valence-electron chi connectivity index (χ3n) is 6.01. The summed E-state index contributed by atoms with van der Waals surface area (Å²) in [6, 6.07) is 10.2. The van der Waals surface area contributed by atoms with Crippen LogP contribution in [0.15, 0.2) is 46.3 Å². The number of aryl methyl sites for hydroxylation is 2. The Balaban J connectivity index is 1.68. The van der Waals surface area contributed by atoms with Crippen molar-refractivity contribution >= 4 is 37.5 Å². The molecule has 172 valence electrons. The van der Waals surface area contributed by atoms with Crippen LogP contribution in [0.5, 0.6) is 0 Å². The third kappa shape index (κ3) is 4.54. The molecule has 1 aromatic heterocycles. The van der Waals surface area contributed by atoms with Gasteiger partial charge in [-0.15, -0.1) is 6.42 Å². The maximum atomic E-state index is 13.0. The lowest BCUT2D eigenvalue weighted by Crippen LogP contribution is -2.41. The van der Waals surface area contributed by atoms with Crippen LogP contribution in [0, 0.1) is 26.2 Å². The first-order chi connectivity index (χ1) is 15.7. The summed E-state index contributed by atoms with van der Waals surface area (Å²) in [6.07, 6.45) is 8.34. The number of nitrogens with zero attached hydrogens (tertiary/aromatic N) is 3. The van der Waals surface area contributed by atoms with Crippen molar-refractivity contribution in [2.75, 3.05) is 6.54 Å². The van der Waals surface area contributed by atoms with Gasteiger partial charge in [0.05, 0.1) is 21.7 Å². The highest BCUT2D eigenvalue weighted by Crippen LogP contribution is 2.26. The van der Waals surface area contributed by atoms with Crippen LogP contribution in [0.2, 0.25) is 0 Å². The fraction of sp³-hybridized carbons (Fsp3) is 0.360. The summed E-state index contributed by atoms with van der Waals surface area (Å²) >= 11 is 1.42. The second kappa shape index (κ2) is 9.26. The van der Waals surface area contributed by atoms with Crippen LogP contribution >= 0.6 is 11.3 Å². The average Bonchev–Trinajstić information content (AvgIpc) is 3.11. The normalized spacial score (nSPS) is 17.9. The minimum atomic E-state index is -3.59. The Kier molecular flexibility index (Phi) is 6.57. The molecule has 0 N–H and O–H groups in total. The van der Waals surface area contributed by atoms with Crippen LogP contribution in [-0.4, -0.2) is 35.8 Å². The standard InChI is InChI=1S/C25H27N3O3S2/c1-5-13-27-23-18(3)15-17(2)16-22(23)32-25(27)26-24(29)20-9-11-21(12-10-20)33(30,31)28-14-7-6-8-19(28)4/h1,9-12,15-16,19H,6-8,13-14H2,2-4H3. The first-order valence-corrected chi connectivity index (χ1v) is 13.2. The number of piperidine rings is 1. The molecule has 2 heterocycles. The Labute approximate surface area is 198 Å². The number of sulfonamides is 1. The molecule has 1 aliphatic rings. The summed E-state index contributed by atoms with van der Waals surface area (Å²) in [5.41, 5.74) is 3.52. The van der Waals surface area contributed by atoms with E-state index < -0.39 is 15.9 Å². The molecule has 1 unspecified atom stereocenters. The molecule has 1 fully saturated rings. The molecule has 0 radical (unpaired) electrons. The quantitative estimate of drug-likeness (QED) is 0.523. The fourth-order valence-electron chi connectivity index (χ4n) is 4.40. The van der Waals surface area contributed by atoms with Crippen LogP contribution < -0.4 is 4.80 Å². The zero-order chi connectivity index (χ0) is 23.8. The first-order valence-electron chi connectivity index (χ1n) is 11.0. The number of thiazole rings is 1. The van der Waals surface area contributed by atoms with Crippen molar-refractivity contribution in [3.8, 4) is 12.3 Å². The number of aromatic nitrogens is 1. The molecule has 6 nitrogen and oxygen atoms in total. The van der Waals surface area contributed by atoms with Gasteiger partial charge in [-0.3, -0.25) is 4.79 Å². The van der Waals surface area contributed by atoms with E-state index in [-0.39, 0.29) is 10.9 Å². The van der Waals surface area contributed by atoms with E-state index in [9.17, 15) is 13.2 Å². The lowest BCUT2D eigenvalue weighted by atomic mass is 10.1. The Morgan fingerprint density at radius 3 is 2.61 bits per heavy atom. The van der Waals surface area contributed by atoms with Gasteiger partial charge in [0.2, 0.25) is 10.0 Å². The largest absolute Gasteiger partial charge is 0.304 e. The topological polar surface area (TPSA) is 71.7 Å². The molecule has 2 aromatic carbocycles. The molecule has 1 saturated heterocycles. The van der Waals surface area contributed by atoms with Crippen LogP contribution in [0.4, 0.5) is 0 Å². The third-order valence-corrected chi connectivity index (χ3v) is 9.06. The molecular formula is C25H27N3O3S2. The number of fused-ring (bicyclic) bond motifs is 1. The molecule has 1 aliphatic heterocycles. The monoisotopic (exact) mass is 481 g/mol. The highest BCUT2D eigenvalue weighted by Gasteiger charge is 2.30. The number of terminal acetylenes is 1. The highest BCUT2D eigenvalue weighted by atomic mass is 32.2. The molecule has 8 heteroatoms. The van der Waals surface area contributed by atoms with Gasteiger partial charge in [-0.05, 0) is 75.1 Å². The van der Waals surface area contributed by atoms with Gasteiger partial charge in [0.1, 0.15) is 0 Å². The molecule has 0 aliphatic carbocycles. The summed E-state index contributed by atoms with van der Waals surface area (Å²) in [7, 11) is -3.59. The van der Waals surface area contributed by atoms with Crippen molar-refractivity contribution in [1.82, 2.24) is 8.87 Å². The van der Waals surface area contributed by atoms with Gasteiger partial charge in [-0.1, -0.05) is 29.7 Å². The summed E-state index contributed by atoms with van der Waals surface area (Å²) < 4.78 is 30.5. The minimum absolute atomic E-state index is 0.0216. The maximum absolute atomic E-state index is 13.0. The van der Waals surface area contributed by atoms with Crippen LogP contribution in [-0.2, 0) is 16.6 Å². The second-order valence-corrected chi connectivity index (χ2v) is 11.4. The predicted molar refractivity (Wildman–Crippen MR) is 132 cm³/mol. The van der Waals surface area contributed by atoms with Crippen LogP contribution in [0.3, 0.4) is 0 Å². The van der Waals surface area contributed by atoms with E-state index in [0.717, 1.165) is 40.6 Å². The molecule has 1 atom stereocenters. The van der Waals surface area contributed by atoms with Gasteiger partial charge in [-0.25, -0.2) is 8.42 Å². The van der Waals surface area contributed by atoms with Gasteiger partial charge >= 0.3 is 0 Å². The lowest BCUT2D eigenvalue weighted by molar-refractivity contribution is 0.0997. The molecule has 4 rings (SSSR count). The predicted octanol–water partition coefficient (Wildman–Crippen LogP) is 4.26. The van der Waals surface area contributed by atoms with E-state index in [1.54, 1.807) is 4.31 Å². The number of hydrogen-bond acceptors (Lipinski definition) is 4. The Hall–Kier alpha value is -2.73. The van der Waals surface area contributed by atoms with Gasteiger partial charge in [0.25, 0.3) is 5.91 Å². The second-order valence-electron chi connectivity index (χ2n) is 8.51. The summed E-state index contributed by atoms with van der Waals surface area (Å²) in [6.45, 7) is 6.82. The lowest BCUT2D eigenvalue weighted by Gasteiger charge is -2.32. The highest BCUT2D eigenvalue weighted by molar-refractivity contribution is 7.89. The average molecular weight is 482 g/mol. The molecule has 0 bridgehead atoms. The van der Waals surface area contributed by atoms with Crippen molar-refractivity contribution in [2.45, 2.75) is 57.5 Å². The molecule has 1 amide bonds. The van der Waals surface area contributed by atoms with Gasteiger partial charge < -0.3 is 4.57 Å². The van der Waals surface area contributed by atoms with Crippen molar-refractivity contribution in [3.05, 3.63) is 57.9 Å². The van der Waals surface area contributed by atoms with E-state index >= 15 is 0 Å². The first kappa shape index (κ1) is 23.4. The SMILES string of the molecule is C#CCn1c(=NC(=O)c2ccc(S(=O)(=O)N3CCCCC3C)cc2)sc2cc(C)cc(C)c21. The summed E-state index contributed by atoms with van der Waals surface area (Å²) in [4.78, 5) is 18.0. The van der Waals surface area contributed by atoms with Crippen molar-refractivity contribution < 1.29 is 13.2 Å². The Morgan fingerprint density at radius 2 is 1.94 bits per heavy atom. The molecule has 0 spiro atoms. The molecule has 3 aromatic rings. The maximum Gasteiger partial charge on any atom is 0.279 e. The Bertz CT molecular complexity index is 1420. The van der Waals surface area contributed by atoms with E-state index in [4.69, 9.17) is 6.42 Å². The summed E-state index contributed by atoms with van der Waals surface area (Å²) in [5, 5.41) is 0.